The van der Waals surface area contributed by atoms with Gasteiger partial charge in [-0.15, -0.1) is 0 Å². The van der Waals surface area contributed by atoms with Gasteiger partial charge in [0.1, 0.15) is 12.1 Å². The molecule has 0 aromatic heterocycles. The Morgan fingerprint density at radius 1 is 1.30 bits per heavy atom. The van der Waals surface area contributed by atoms with E-state index in [2.05, 4.69) is 12.2 Å². The van der Waals surface area contributed by atoms with Crippen molar-refractivity contribution in [2.24, 2.45) is 5.92 Å². The molecule has 0 radical (unpaired) electrons. The summed E-state index contributed by atoms with van der Waals surface area (Å²) in [7, 11) is 0. The normalized spacial score (nSPS) is 25.8. The lowest BCUT2D eigenvalue weighted by molar-refractivity contribution is -0.147. The van der Waals surface area contributed by atoms with Gasteiger partial charge in [-0.3, -0.25) is 4.79 Å². The van der Waals surface area contributed by atoms with Gasteiger partial charge in [0.25, 0.3) is 0 Å². The molecule has 0 aromatic carbocycles. The number of ether oxygens (including phenoxy) is 1. The zero-order valence-corrected chi connectivity index (χ0v) is 12.7. The molecule has 0 heterocycles. The summed E-state index contributed by atoms with van der Waals surface area (Å²) >= 11 is 0. The highest BCUT2D eigenvalue weighted by molar-refractivity contribution is 5.86. The van der Waals surface area contributed by atoms with Crippen molar-refractivity contribution >= 4 is 11.9 Å². The Balaban J connectivity index is 2.51. The molecule has 4 unspecified atom stereocenters. The Hall–Kier alpha value is -1.10. The quantitative estimate of drug-likeness (QED) is 0.753. The maximum Gasteiger partial charge on any atom is 0.326 e. The predicted molar refractivity (Wildman–Crippen MR) is 76.4 cm³/mol. The van der Waals surface area contributed by atoms with E-state index in [1.165, 1.54) is 6.42 Å². The van der Waals surface area contributed by atoms with Gasteiger partial charge in [-0.05, 0) is 31.6 Å². The highest BCUT2D eigenvalue weighted by atomic mass is 16.5. The van der Waals surface area contributed by atoms with Crippen molar-refractivity contribution in [3.63, 3.8) is 0 Å². The summed E-state index contributed by atoms with van der Waals surface area (Å²) in [6, 6.07) is -0.828. The number of carboxylic acid groups (broad SMARTS) is 1. The maximum atomic E-state index is 12.1. The third kappa shape index (κ3) is 5.12. The first-order valence-electron chi connectivity index (χ1n) is 7.66. The number of hydrogen-bond donors (Lipinski definition) is 2. The van der Waals surface area contributed by atoms with Crippen molar-refractivity contribution in [2.45, 2.75) is 77.5 Å². The summed E-state index contributed by atoms with van der Waals surface area (Å²) in [5.41, 5.74) is 0. The molecule has 2 N–H and O–H groups in total. The monoisotopic (exact) mass is 285 g/mol. The van der Waals surface area contributed by atoms with Gasteiger partial charge in [-0.2, -0.15) is 0 Å². The van der Waals surface area contributed by atoms with E-state index in [-0.39, 0.29) is 12.0 Å². The molecule has 0 bridgehead atoms. The Kier molecular flexibility index (Phi) is 6.99. The smallest absolute Gasteiger partial charge is 0.326 e. The number of aliphatic carboxylic acids is 1. The van der Waals surface area contributed by atoms with E-state index in [9.17, 15) is 9.59 Å². The van der Waals surface area contributed by atoms with Gasteiger partial charge in [0.2, 0.25) is 5.91 Å². The minimum Gasteiger partial charge on any atom is -0.480 e. The van der Waals surface area contributed by atoms with Crippen molar-refractivity contribution in [2.75, 3.05) is 0 Å². The third-order valence-electron chi connectivity index (χ3n) is 3.93. The van der Waals surface area contributed by atoms with Gasteiger partial charge in [0.05, 0.1) is 6.10 Å². The topological polar surface area (TPSA) is 75.6 Å². The molecule has 0 spiro atoms. The van der Waals surface area contributed by atoms with E-state index in [4.69, 9.17) is 9.84 Å². The average molecular weight is 285 g/mol. The molecule has 0 aromatic rings. The fourth-order valence-electron chi connectivity index (χ4n) is 2.68. The molecule has 1 amide bonds. The van der Waals surface area contributed by atoms with Crippen molar-refractivity contribution in [3.8, 4) is 0 Å². The fraction of sp³-hybridized carbons (Fsp3) is 0.867. The number of hydrogen-bond acceptors (Lipinski definition) is 3. The summed E-state index contributed by atoms with van der Waals surface area (Å²) in [6.07, 6.45) is 4.85. The summed E-state index contributed by atoms with van der Waals surface area (Å²) < 4.78 is 5.89. The zero-order chi connectivity index (χ0) is 15.1. The van der Waals surface area contributed by atoms with Crippen LogP contribution in [0.5, 0.6) is 0 Å². The highest BCUT2D eigenvalue weighted by Crippen LogP contribution is 2.27. The van der Waals surface area contributed by atoms with Crippen LogP contribution in [0.3, 0.4) is 0 Å². The van der Waals surface area contributed by atoms with Crippen LogP contribution in [0.2, 0.25) is 0 Å². The molecule has 1 aliphatic rings. The van der Waals surface area contributed by atoms with Gasteiger partial charge in [-0.25, -0.2) is 4.79 Å². The Morgan fingerprint density at radius 2 is 2.00 bits per heavy atom. The maximum absolute atomic E-state index is 12.1. The second-order valence-electron chi connectivity index (χ2n) is 5.73. The minimum atomic E-state index is -0.998. The Labute approximate surface area is 121 Å². The van der Waals surface area contributed by atoms with Crippen molar-refractivity contribution in [3.05, 3.63) is 0 Å². The third-order valence-corrected chi connectivity index (χ3v) is 3.93. The summed E-state index contributed by atoms with van der Waals surface area (Å²) in [5, 5.41) is 11.5. The molecule has 1 rings (SSSR count). The Bertz CT molecular complexity index is 332. The predicted octanol–water partition coefficient (Wildman–Crippen LogP) is 2.34. The molecule has 5 heteroatoms. The molecule has 20 heavy (non-hydrogen) atoms. The van der Waals surface area contributed by atoms with Crippen LogP contribution in [0.15, 0.2) is 0 Å². The van der Waals surface area contributed by atoms with Gasteiger partial charge in [0.15, 0.2) is 0 Å². The van der Waals surface area contributed by atoms with Gasteiger partial charge in [0, 0.05) is 0 Å². The number of amides is 1. The van der Waals surface area contributed by atoms with E-state index in [1.807, 2.05) is 6.92 Å². The lowest BCUT2D eigenvalue weighted by Crippen LogP contribution is -2.46. The van der Waals surface area contributed by atoms with E-state index < -0.39 is 18.1 Å². The Morgan fingerprint density at radius 3 is 2.50 bits per heavy atom. The van der Waals surface area contributed by atoms with Crippen LogP contribution in [0.4, 0.5) is 0 Å². The second-order valence-corrected chi connectivity index (χ2v) is 5.73. The van der Waals surface area contributed by atoms with Crippen LogP contribution in [0.1, 0.15) is 59.3 Å². The number of carboxylic acids is 1. The lowest BCUT2D eigenvalue weighted by atomic mass is 9.88. The lowest BCUT2D eigenvalue weighted by Gasteiger charge is -2.30. The molecule has 0 saturated heterocycles. The first kappa shape index (κ1) is 17.0. The number of carbonyl (C=O) groups excluding carboxylic acids is 1. The van der Waals surface area contributed by atoms with E-state index in [0.717, 1.165) is 19.3 Å². The van der Waals surface area contributed by atoms with Crippen molar-refractivity contribution in [1.29, 1.82) is 0 Å². The fourth-order valence-corrected chi connectivity index (χ4v) is 2.68. The van der Waals surface area contributed by atoms with E-state index in [0.29, 0.717) is 18.8 Å². The van der Waals surface area contributed by atoms with Crippen LogP contribution >= 0.6 is 0 Å². The van der Waals surface area contributed by atoms with Crippen LogP contribution in [0, 0.1) is 5.92 Å². The largest absolute Gasteiger partial charge is 0.480 e. The molecule has 1 saturated carbocycles. The average Bonchev–Trinajstić information content (AvgIpc) is 2.41. The number of carbonyl (C=O) groups is 2. The van der Waals surface area contributed by atoms with Crippen LogP contribution in [-0.2, 0) is 14.3 Å². The molecule has 5 nitrogen and oxygen atoms in total. The molecule has 4 atom stereocenters. The van der Waals surface area contributed by atoms with E-state index >= 15 is 0 Å². The van der Waals surface area contributed by atoms with Gasteiger partial charge < -0.3 is 15.2 Å². The molecular weight excluding hydrogens is 258 g/mol. The first-order valence-corrected chi connectivity index (χ1v) is 7.66. The van der Waals surface area contributed by atoms with Crippen molar-refractivity contribution < 1.29 is 19.4 Å². The summed E-state index contributed by atoms with van der Waals surface area (Å²) in [4.78, 5) is 23.1. The molecule has 0 aliphatic heterocycles. The minimum absolute atomic E-state index is 0.124. The van der Waals surface area contributed by atoms with Crippen LogP contribution in [0.25, 0.3) is 0 Å². The second kappa shape index (κ2) is 8.25. The molecule has 1 fully saturated rings. The number of rotatable bonds is 7. The first-order chi connectivity index (χ1) is 9.47. The van der Waals surface area contributed by atoms with Crippen LogP contribution < -0.4 is 5.32 Å². The molecule has 1 aliphatic carbocycles. The molecular formula is C15H27NO4. The van der Waals surface area contributed by atoms with Crippen molar-refractivity contribution in [1.82, 2.24) is 5.32 Å². The number of nitrogens with one attached hydrogen (secondary N) is 1. The summed E-state index contributed by atoms with van der Waals surface area (Å²) in [6.45, 7) is 5.83. The SMILES string of the molecule is CCC(NC(=O)C(CC)OC1CCCC(C)C1)C(=O)O. The van der Waals surface area contributed by atoms with Gasteiger partial charge >= 0.3 is 5.97 Å². The van der Waals surface area contributed by atoms with Crippen LogP contribution in [-0.4, -0.2) is 35.2 Å². The highest BCUT2D eigenvalue weighted by Gasteiger charge is 2.28. The van der Waals surface area contributed by atoms with Gasteiger partial charge in [-0.1, -0.05) is 33.6 Å². The summed E-state index contributed by atoms with van der Waals surface area (Å²) in [5.74, 6) is -0.668. The van der Waals surface area contributed by atoms with E-state index in [1.54, 1.807) is 6.92 Å². The molecule has 116 valence electrons. The zero-order valence-electron chi connectivity index (χ0n) is 12.7. The standard InChI is InChI=1S/C15H27NO4/c1-4-12(15(18)19)16-14(17)13(5-2)20-11-8-6-7-10(3)9-11/h10-13H,4-9H2,1-3H3,(H,16,17)(H,18,19).